The standard InChI is InChI=1S/C15H20N4O2/c1-3-21-13-5-11(4-12(16)6-13)15(8-20-9-15)7-14-18-17-10-19(14)2/h4-6,10H,3,7-9,16H2,1-2H3. The van der Waals surface area contributed by atoms with Crippen molar-refractivity contribution in [3.8, 4) is 5.75 Å². The highest BCUT2D eigenvalue weighted by atomic mass is 16.5. The van der Waals surface area contributed by atoms with Crippen molar-refractivity contribution in [1.82, 2.24) is 14.8 Å². The maximum absolute atomic E-state index is 6.01. The lowest BCUT2D eigenvalue weighted by Gasteiger charge is -2.42. The number of hydrogen-bond acceptors (Lipinski definition) is 5. The average molecular weight is 288 g/mol. The van der Waals surface area contributed by atoms with Gasteiger partial charge in [0.1, 0.15) is 17.9 Å². The van der Waals surface area contributed by atoms with Crippen molar-refractivity contribution in [2.75, 3.05) is 25.6 Å². The normalized spacial score (nSPS) is 16.5. The second-order valence-electron chi connectivity index (χ2n) is 5.53. The van der Waals surface area contributed by atoms with Crippen LogP contribution < -0.4 is 10.5 Å². The van der Waals surface area contributed by atoms with Gasteiger partial charge in [-0.05, 0) is 24.6 Å². The molecule has 3 rings (SSSR count). The molecule has 2 heterocycles. The van der Waals surface area contributed by atoms with Crippen molar-refractivity contribution >= 4 is 5.69 Å². The van der Waals surface area contributed by atoms with Gasteiger partial charge in [0.2, 0.25) is 0 Å². The molecule has 6 heteroatoms. The van der Waals surface area contributed by atoms with Crippen molar-refractivity contribution in [2.24, 2.45) is 7.05 Å². The fourth-order valence-electron chi connectivity index (χ4n) is 2.67. The van der Waals surface area contributed by atoms with Crippen LogP contribution in [0.25, 0.3) is 0 Å². The van der Waals surface area contributed by atoms with Gasteiger partial charge in [-0.2, -0.15) is 0 Å². The number of benzene rings is 1. The first-order chi connectivity index (χ1) is 10.1. The van der Waals surface area contributed by atoms with Gasteiger partial charge < -0.3 is 19.8 Å². The molecule has 0 atom stereocenters. The van der Waals surface area contributed by atoms with E-state index in [4.69, 9.17) is 15.2 Å². The van der Waals surface area contributed by atoms with Gasteiger partial charge in [0.15, 0.2) is 0 Å². The molecule has 1 aromatic heterocycles. The number of ether oxygens (including phenoxy) is 2. The fourth-order valence-corrected chi connectivity index (χ4v) is 2.67. The van der Waals surface area contributed by atoms with E-state index in [1.165, 1.54) is 0 Å². The summed E-state index contributed by atoms with van der Waals surface area (Å²) in [5.74, 6) is 1.75. The molecule has 0 radical (unpaired) electrons. The van der Waals surface area contributed by atoms with E-state index in [-0.39, 0.29) is 5.41 Å². The van der Waals surface area contributed by atoms with E-state index in [0.29, 0.717) is 25.5 Å². The number of nitrogens with zero attached hydrogens (tertiary/aromatic N) is 3. The quantitative estimate of drug-likeness (QED) is 0.840. The van der Waals surface area contributed by atoms with Crippen LogP contribution in [0.2, 0.25) is 0 Å². The van der Waals surface area contributed by atoms with E-state index in [2.05, 4.69) is 16.3 Å². The number of nitrogens with two attached hydrogens (primary N) is 1. The lowest BCUT2D eigenvalue weighted by atomic mass is 9.75. The molecule has 0 amide bonds. The highest BCUT2D eigenvalue weighted by molar-refractivity contribution is 5.50. The first-order valence-electron chi connectivity index (χ1n) is 7.07. The first kappa shape index (κ1) is 13.9. The Morgan fingerprint density at radius 2 is 2.19 bits per heavy atom. The van der Waals surface area contributed by atoms with E-state index >= 15 is 0 Å². The van der Waals surface area contributed by atoms with Crippen molar-refractivity contribution in [3.63, 3.8) is 0 Å². The van der Waals surface area contributed by atoms with E-state index in [0.717, 1.165) is 23.6 Å². The summed E-state index contributed by atoms with van der Waals surface area (Å²) in [6.45, 7) is 3.91. The molecule has 0 unspecified atom stereocenters. The molecular formula is C15H20N4O2. The summed E-state index contributed by atoms with van der Waals surface area (Å²) in [5.41, 5.74) is 7.77. The smallest absolute Gasteiger partial charge is 0.133 e. The highest BCUT2D eigenvalue weighted by Crippen LogP contribution is 2.38. The zero-order valence-corrected chi connectivity index (χ0v) is 12.4. The molecule has 0 saturated carbocycles. The van der Waals surface area contributed by atoms with E-state index in [1.807, 2.05) is 30.7 Å². The third-order valence-electron chi connectivity index (χ3n) is 3.91. The van der Waals surface area contributed by atoms with Gasteiger partial charge in [-0.3, -0.25) is 0 Å². The molecule has 1 aromatic carbocycles. The molecule has 1 fully saturated rings. The molecule has 2 aromatic rings. The molecular weight excluding hydrogens is 268 g/mol. The van der Waals surface area contributed by atoms with Crippen LogP contribution in [-0.4, -0.2) is 34.6 Å². The van der Waals surface area contributed by atoms with Crippen molar-refractivity contribution in [1.29, 1.82) is 0 Å². The zero-order chi connectivity index (χ0) is 14.9. The minimum Gasteiger partial charge on any atom is -0.494 e. The van der Waals surface area contributed by atoms with Crippen molar-refractivity contribution in [2.45, 2.75) is 18.8 Å². The van der Waals surface area contributed by atoms with Crippen LogP contribution in [0.4, 0.5) is 5.69 Å². The molecule has 112 valence electrons. The van der Waals surface area contributed by atoms with Gasteiger partial charge in [0, 0.05) is 30.6 Å². The molecule has 2 N–H and O–H groups in total. The summed E-state index contributed by atoms with van der Waals surface area (Å²) in [4.78, 5) is 0. The van der Waals surface area contributed by atoms with E-state index in [1.54, 1.807) is 6.33 Å². The minimum absolute atomic E-state index is 0.0952. The molecule has 1 aliphatic rings. The Bertz CT molecular complexity index is 634. The van der Waals surface area contributed by atoms with Gasteiger partial charge in [0.25, 0.3) is 0 Å². The van der Waals surface area contributed by atoms with Gasteiger partial charge >= 0.3 is 0 Å². The Balaban J connectivity index is 1.94. The molecule has 0 spiro atoms. The Morgan fingerprint density at radius 1 is 1.38 bits per heavy atom. The van der Waals surface area contributed by atoms with Gasteiger partial charge in [-0.15, -0.1) is 10.2 Å². The minimum atomic E-state index is -0.0952. The summed E-state index contributed by atoms with van der Waals surface area (Å²) in [6.07, 6.45) is 2.49. The van der Waals surface area contributed by atoms with Crippen LogP contribution in [-0.2, 0) is 23.6 Å². The Hall–Kier alpha value is -2.08. The number of hydrogen-bond donors (Lipinski definition) is 1. The summed E-state index contributed by atoms with van der Waals surface area (Å²) in [6, 6.07) is 5.91. The molecule has 1 aliphatic heterocycles. The second-order valence-corrected chi connectivity index (χ2v) is 5.53. The summed E-state index contributed by atoms with van der Waals surface area (Å²) in [5, 5.41) is 8.13. The number of aromatic nitrogens is 3. The topological polar surface area (TPSA) is 75.2 Å². The van der Waals surface area contributed by atoms with Crippen LogP contribution in [0.15, 0.2) is 24.5 Å². The number of rotatable bonds is 5. The summed E-state index contributed by atoms with van der Waals surface area (Å²) >= 11 is 0. The lowest BCUT2D eigenvalue weighted by molar-refractivity contribution is -0.0611. The molecule has 21 heavy (non-hydrogen) atoms. The Morgan fingerprint density at radius 3 is 2.76 bits per heavy atom. The SMILES string of the molecule is CCOc1cc(N)cc(C2(Cc3nncn3C)COC2)c1. The van der Waals surface area contributed by atoms with E-state index in [9.17, 15) is 0 Å². The van der Waals surface area contributed by atoms with Crippen LogP contribution in [0.5, 0.6) is 5.75 Å². The average Bonchev–Trinajstić information content (AvgIpc) is 2.79. The third-order valence-corrected chi connectivity index (χ3v) is 3.91. The maximum atomic E-state index is 6.01. The van der Waals surface area contributed by atoms with Crippen LogP contribution in [0.1, 0.15) is 18.3 Å². The van der Waals surface area contributed by atoms with Crippen LogP contribution in [0, 0.1) is 0 Å². The van der Waals surface area contributed by atoms with Gasteiger partial charge in [0.05, 0.1) is 19.8 Å². The fraction of sp³-hybridized carbons (Fsp3) is 0.467. The summed E-state index contributed by atoms with van der Waals surface area (Å²) in [7, 11) is 1.95. The summed E-state index contributed by atoms with van der Waals surface area (Å²) < 4.78 is 13.0. The molecule has 1 saturated heterocycles. The lowest BCUT2D eigenvalue weighted by Crippen LogP contribution is -2.49. The number of anilines is 1. The zero-order valence-electron chi connectivity index (χ0n) is 12.4. The Kier molecular flexibility index (Phi) is 3.55. The van der Waals surface area contributed by atoms with Gasteiger partial charge in [-0.1, -0.05) is 0 Å². The first-order valence-corrected chi connectivity index (χ1v) is 7.07. The maximum Gasteiger partial charge on any atom is 0.133 e. The molecule has 0 bridgehead atoms. The predicted molar refractivity (Wildman–Crippen MR) is 79.2 cm³/mol. The van der Waals surface area contributed by atoms with Crippen molar-refractivity contribution < 1.29 is 9.47 Å². The Labute approximate surface area is 123 Å². The largest absolute Gasteiger partial charge is 0.494 e. The molecule has 0 aliphatic carbocycles. The second kappa shape index (κ2) is 5.37. The number of aryl methyl sites for hydroxylation is 1. The van der Waals surface area contributed by atoms with E-state index < -0.39 is 0 Å². The van der Waals surface area contributed by atoms with Crippen LogP contribution in [0.3, 0.4) is 0 Å². The molecule has 6 nitrogen and oxygen atoms in total. The van der Waals surface area contributed by atoms with Crippen molar-refractivity contribution in [3.05, 3.63) is 35.9 Å². The predicted octanol–water partition coefficient (Wildman–Crippen LogP) is 1.31. The van der Waals surface area contributed by atoms with Crippen LogP contribution >= 0.6 is 0 Å². The third kappa shape index (κ3) is 2.58. The monoisotopic (exact) mass is 288 g/mol. The number of nitrogen functional groups attached to an aromatic ring is 1. The highest BCUT2D eigenvalue weighted by Gasteiger charge is 2.42. The van der Waals surface area contributed by atoms with Gasteiger partial charge in [-0.25, -0.2) is 0 Å².